The molecule has 1 atom stereocenters. The highest BCUT2D eigenvalue weighted by atomic mass is 32.2. The Kier molecular flexibility index (Phi) is 6.10. The second-order valence-corrected chi connectivity index (χ2v) is 7.94. The molecule has 0 heterocycles. The van der Waals surface area contributed by atoms with Gasteiger partial charge < -0.3 is 9.38 Å². The summed E-state index contributed by atoms with van der Waals surface area (Å²) in [6.07, 6.45) is 1.41. The highest BCUT2D eigenvalue weighted by Crippen LogP contribution is 2.16. The predicted molar refractivity (Wildman–Crippen MR) is 88.0 cm³/mol. The zero-order valence-electron chi connectivity index (χ0n) is 13.6. The summed E-state index contributed by atoms with van der Waals surface area (Å²) < 4.78 is 31.9. The monoisotopic (exact) mass is 329 g/mol. The molecule has 0 fully saturated rings. The van der Waals surface area contributed by atoms with Gasteiger partial charge in [0, 0.05) is 31.3 Å². The number of carbonyl (C=O) groups is 1. The molecular formula is C15H25N2O4S+. The van der Waals surface area contributed by atoms with Crippen LogP contribution < -0.4 is 4.90 Å². The van der Waals surface area contributed by atoms with Gasteiger partial charge in [0.25, 0.3) is 10.1 Å². The van der Waals surface area contributed by atoms with Crippen molar-refractivity contribution in [2.24, 2.45) is 0 Å². The van der Waals surface area contributed by atoms with Crippen LogP contribution in [0.15, 0.2) is 24.3 Å². The highest BCUT2D eigenvalue weighted by Gasteiger charge is 2.28. The number of hydrogen-bond donors (Lipinski definition) is 1. The first-order valence-corrected chi connectivity index (χ1v) is 8.66. The van der Waals surface area contributed by atoms with Crippen molar-refractivity contribution in [1.82, 2.24) is 0 Å². The molecular weight excluding hydrogens is 304 g/mol. The van der Waals surface area contributed by atoms with E-state index >= 15 is 0 Å². The zero-order chi connectivity index (χ0) is 17.0. The topological polar surface area (TPSA) is 74.7 Å². The second-order valence-electron chi connectivity index (χ2n) is 6.44. The van der Waals surface area contributed by atoms with Crippen molar-refractivity contribution in [3.05, 3.63) is 29.8 Å². The lowest BCUT2D eigenvalue weighted by Crippen LogP contribution is -2.50. The number of rotatable bonds is 8. The van der Waals surface area contributed by atoms with Gasteiger partial charge in [-0.25, -0.2) is 0 Å². The first-order chi connectivity index (χ1) is 10.0. The molecule has 1 aromatic carbocycles. The molecule has 1 N–H and O–H groups in total. The van der Waals surface area contributed by atoms with Crippen LogP contribution in [0.25, 0.3) is 0 Å². The van der Waals surface area contributed by atoms with E-state index in [4.69, 9.17) is 4.55 Å². The van der Waals surface area contributed by atoms with Gasteiger partial charge in [0.05, 0.1) is 21.1 Å². The van der Waals surface area contributed by atoms with Crippen molar-refractivity contribution in [3.63, 3.8) is 0 Å². The molecule has 0 aliphatic carbocycles. The Morgan fingerprint density at radius 3 is 2.18 bits per heavy atom. The van der Waals surface area contributed by atoms with Crippen molar-refractivity contribution in [2.45, 2.75) is 12.5 Å². The molecule has 0 spiro atoms. The van der Waals surface area contributed by atoms with Crippen LogP contribution in [0.1, 0.15) is 16.8 Å². The Bertz CT molecular complexity index is 591. The predicted octanol–water partition coefficient (Wildman–Crippen LogP) is 1.29. The van der Waals surface area contributed by atoms with Crippen molar-refractivity contribution in [1.29, 1.82) is 0 Å². The number of quaternary nitrogens is 1. The molecule has 0 amide bonds. The summed E-state index contributed by atoms with van der Waals surface area (Å²) in [6.45, 7) is 0.649. The van der Waals surface area contributed by atoms with E-state index in [1.165, 1.54) is 0 Å². The maximum Gasteiger partial charge on any atom is 0.270 e. The minimum absolute atomic E-state index is 0.202. The van der Waals surface area contributed by atoms with Crippen LogP contribution in [0.3, 0.4) is 0 Å². The van der Waals surface area contributed by atoms with Crippen LogP contribution in [0.2, 0.25) is 0 Å². The SMILES string of the molecule is CN(CCC(CS(=O)(=O)O)[N+](C)(C)C)c1ccc(C=O)cc1. The third-order valence-corrected chi connectivity index (χ3v) is 4.57. The maximum absolute atomic E-state index is 11.2. The van der Waals surface area contributed by atoms with Crippen LogP contribution in [0.5, 0.6) is 0 Å². The maximum atomic E-state index is 11.2. The van der Waals surface area contributed by atoms with Gasteiger partial charge in [-0.3, -0.25) is 9.35 Å². The number of anilines is 1. The van der Waals surface area contributed by atoms with E-state index in [1.807, 2.05) is 45.2 Å². The minimum Gasteiger partial charge on any atom is -0.374 e. The van der Waals surface area contributed by atoms with Crippen LogP contribution >= 0.6 is 0 Å². The van der Waals surface area contributed by atoms with Gasteiger partial charge in [-0.1, -0.05) is 0 Å². The Balaban J connectivity index is 2.72. The standard InChI is InChI=1S/C15H24N2O4S/c1-16(14-7-5-13(11-18)6-8-14)10-9-15(17(2,3)4)12-22(19,20)21/h5-8,11,15H,9-10,12H2,1-4H3/p+1. The summed E-state index contributed by atoms with van der Waals surface area (Å²) in [5.41, 5.74) is 1.57. The van der Waals surface area contributed by atoms with Crippen LogP contribution in [0.4, 0.5) is 5.69 Å². The smallest absolute Gasteiger partial charge is 0.270 e. The normalized spacial score (nSPS) is 13.7. The molecule has 1 aromatic rings. The molecule has 0 aromatic heterocycles. The summed E-state index contributed by atoms with van der Waals surface area (Å²) in [7, 11) is 3.65. The average Bonchev–Trinajstić information content (AvgIpc) is 2.41. The van der Waals surface area contributed by atoms with Gasteiger partial charge in [0.2, 0.25) is 0 Å². The summed E-state index contributed by atoms with van der Waals surface area (Å²) in [6, 6.07) is 7.00. The summed E-state index contributed by atoms with van der Waals surface area (Å²) in [5, 5.41) is 0. The van der Waals surface area contributed by atoms with E-state index in [0.29, 0.717) is 23.0 Å². The van der Waals surface area contributed by atoms with E-state index in [-0.39, 0.29) is 11.8 Å². The largest absolute Gasteiger partial charge is 0.374 e. The van der Waals surface area contributed by atoms with Crippen LogP contribution in [-0.4, -0.2) is 70.3 Å². The average molecular weight is 329 g/mol. The first kappa shape index (κ1) is 18.6. The third-order valence-electron chi connectivity index (χ3n) is 3.77. The number of benzene rings is 1. The lowest BCUT2D eigenvalue weighted by atomic mass is 10.1. The molecule has 0 bridgehead atoms. The molecule has 1 unspecified atom stereocenters. The first-order valence-electron chi connectivity index (χ1n) is 7.05. The molecule has 124 valence electrons. The number of hydrogen-bond acceptors (Lipinski definition) is 4. The van der Waals surface area contributed by atoms with E-state index in [2.05, 4.69) is 0 Å². The fraction of sp³-hybridized carbons (Fsp3) is 0.533. The molecule has 0 aliphatic heterocycles. The van der Waals surface area contributed by atoms with Crippen molar-refractivity contribution in [2.75, 3.05) is 45.4 Å². The quantitative estimate of drug-likeness (QED) is 0.442. The molecule has 0 saturated carbocycles. The van der Waals surface area contributed by atoms with Crippen molar-refractivity contribution in [3.8, 4) is 0 Å². The van der Waals surface area contributed by atoms with Crippen molar-refractivity contribution < 1.29 is 22.2 Å². The van der Waals surface area contributed by atoms with Gasteiger partial charge in [-0.05, 0) is 24.3 Å². The molecule has 6 nitrogen and oxygen atoms in total. The fourth-order valence-electron chi connectivity index (χ4n) is 2.22. The van der Waals surface area contributed by atoms with Crippen molar-refractivity contribution >= 4 is 22.1 Å². The van der Waals surface area contributed by atoms with Gasteiger partial charge in [0.15, 0.2) is 0 Å². The van der Waals surface area contributed by atoms with E-state index < -0.39 is 10.1 Å². The summed E-state index contributed by atoms with van der Waals surface area (Å²) in [4.78, 5) is 12.7. The molecule has 0 radical (unpaired) electrons. The summed E-state index contributed by atoms with van der Waals surface area (Å²) >= 11 is 0. The van der Waals surface area contributed by atoms with Crippen LogP contribution in [-0.2, 0) is 10.1 Å². The molecule has 1 rings (SSSR count). The minimum atomic E-state index is -4.00. The fourth-order valence-corrected chi connectivity index (χ4v) is 3.32. The van der Waals surface area contributed by atoms with E-state index in [0.717, 1.165) is 12.0 Å². The Hall–Kier alpha value is -1.44. The molecule has 0 aliphatic rings. The van der Waals surface area contributed by atoms with E-state index in [9.17, 15) is 13.2 Å². The van der Waals surface area contributed by atoms with Gasteiger partial charge >= 0.3 is 0 Å². The second kappa shape index (κ2) is 7.21. The Morgan fingerprint density at radius 2 is 1.77 bits per heavy atom. The van der Waals surface area contributed by atoms with Crippen LogP contribution in [0, 0.1) is 0 Å². The molecule has 22 heavy (non-hydrogen) atoms. The summed E-state index contributed by atoms with van der Waals surface area (Å²) in [5.74, 6) is -0.256. The lowest BCUT2D eigenvalue weighted by molar-refractivity contribution is -0.893. The lowest BCUT2D eigenvalue weighted by Gasteiger charge is -2.34. The number of carbonyl (C=O) groups excluding carboxylic acids is 1. The molecule has 7 heteroatoms. The van der Waals surface area contributed by atoms with Gasteiger partial charge in [0.1, 0.15) is 18.1 Å². The number of aldehydes is 1. The third kappa shape index (κ3) is 6.13. The number of nitrogens with zero attached hydrogens (tertiary/aromatic N) is 2. The van der Waals surface area contributed by atoms with E-state index in [1.54, 1.807) is 12.1 Å². The Labute approximate surface area is 132 Å². The molecule has 0 saturated heterocycles. The Morgan fingerprint density at radius 1 is 1.23 bits per heavy atom. The van der Waals surface area contributed by atoms with Gasteiger partial charge in [-0.2, -0.15) is 8.42 Å². The highest BCUT2D eigenvalue weighted by molar-refractivity contribution is 7.85. The van der Waals surface area contributed by atoms with Gasteiger partial charge in [-0.15, -0.1) is 0 Å². The zero-order valence-corrected chi connectivity index (χ0v) is 14.4.